The van der Waals surface area contributed by atoms with E-state index in [1.54, 1.807) is 24.3 Å². The van der Waals surface area contributed by atoms with Crippen LogP contribution in [0.4, 0.5) is 0 Å². The Kier molecular flexibility index (Phi) is 6.08. The minimum atomic E-state index is -0.546. The minimum absolute atomic E-state index is 0.288. The van der Waals surface area contributed by atoms with Gasteiger partial charge in [0.25, 0.3) is 11.8 Å². The van der Waals surface area contributed by atoms with Crippen LogP contribution >= 0.6 is 23.2 Å². The van der Waals surface area contributed by atoms with Gasteiger partial charge < -0.3 is 9.15 Å². The highest BCUT2D eigenvalue weighted by atomic mass is 35.5. The second kappa shape index (κ2) is 8.26. The van der Waals surface area contributed by atoms with E-state index in [0.29, 0.717) is 16.5 Å². The van der Waals surface area contributed by atoms with Gasteiger partial charge in [-0.3, -0.25) is 20.4 Å². The van der Waals surface area contributed by atoms with Crippen molar-refractivity contribution < 1.29 is 18.7 Å². The molecule has 0 bridgehead atoms. The van der Waals surface area contributed by atoms with Gasteiger partial charge in [0, 0.05) is 11.1 Å². The van der Waals surface area contributed by atoms with E-state index in [0.717, 1.165) is 0 Å². The first-order chi connectivity index (χ1) is 11.0. The van der Waals surface area contributed by atoms with Crippen molar-refractivity contribution in [3.8, 4) is 5.75 Å². The molecule has 0 aliphatic heterocycles. The lowest BCUT2D eigenvalue weighted by atomic mass is 10.3. The van der Waals surface area contributed by atoms with Crippen LogP contribution in [0.1, 0.15) is 5.76 Å². The number of hydrogen-bond donors (Lipinski definition) is 2. The third kappa shape index (κ3) is 5.69. The van der Waals surface area contributed by atoms with Crippen LogP contribution < -0.4 is 15.6 Å². The third-order valence-electron chi connectivity index (χ3n) is 2.52. The largest absolute Gasteiger partial charge is 0.482 e. The first-order valence-corrected chi connectivity index (χ1v) is 7.18. The number of hydrogen-bond acceptors (Lipinski definition) is 4. The second-order valence-corrected chi connectivity index (χ2v) is 5.09. The number of benzene rings is 1. The van der Waals surface area contributed by atoms with Gasteiger partial charge >= 0.3 is 0 Å². The third-order valence-corrected chi connectivity index (χ3v) is 3.05. The maximum atomic E-state index is 11.6. The molecule has 6 nitrogen and oxygen atoms in total. The highest BCUT2D eigenvalue weighted by Gasteiger charge is 2.07. The molecule has 2 aromatic rings. The van der Waals surface area contributed by atoms with Crippen LogP contribution in [0.15, 0.2) is 47.1 Å². The molecule has 0 atom stereocenters. The lowest BCUT2D eigenvalue weighted by Gasteiger charge is -2.09. The molecule has 0 aliphatic carbocycles. The monoisotopic (exact) mass is 354 g/mol. The second-order valence-electron chi connectivity index (χ2n) is 4.25. The summed E-state index contributed by atoms with van der Waals surface area (Å²) in [5.74, 6) is -0.225. The Morgan fingerprint density at radius 2 is 2.04 bits per heavy atom. The smallest absolute Gasteiger partial charge is 0.276 e. The molecule has 1 aromatic heterocycles. The van der Waals surface area contributed by atoms with Gasteiger partial charge in [-0.25, -0.2) is 0 Å². The summed E-state index contributed by atoms with van der Waals surface area (Å²) in [5.41, 5.74) is 4.40. The van der Waals surface area contributed by atoms with E-state index in [2.05, 4.69) is 10.9 Å². The summed E-state index contributed by atoms with van der Waals surface area (Å²) in [4.78, 5) is 23.0. The number of furan rings is 1. The average molecular weight is 355 g/mol. The zero-order valence-corrected chi connectivity index (χ0v) is 13.2. The fraction of sp³-hybridized carbons (Fsp3) is 0.0667. The predicted molar refractivity (Wildman–Crippen MR) is 86.0 cm³/mol. The summed E-state index contributed by atoms with van der Waals surface area (Å²) in [6.07, 6.45) is 4.17. The predicted octanol–water partition coefficient (Wildman–Crippen LogP) is 2.83. The van der Waals surface area contributed by atoms with Gasteiger partial charge in [0.2, 0.25) is 0 Å². The molecule has 0 spiro atoms. The normalized spacial score (nSPS) is 10.5. The fourth-order valence-electron chi connectivity index (χ4n) is 1.49. The number of ether oxygens (including phenoxy) is 1. The molecule has 120 valence electrons. The average Bonchev–Trinajstić information content (AvgIpc) is 3.03. The van der Waals surface area contributed by atoms with Gasteiger partial charge in [-0.05, 0) is 36.4 Å². The lowest BCUT2D eigenvalue weighted by molar-refractivity contribution is -0.128. The minimum Gasteiger partial charge on any atom is -0.482 e. The van der Waals surface area contributed by atoms with Crippen molar-refractivity contribution >= 4 is 41.1 Å². The molecule has 1 aromatic carbocycles. The number of hydrazine groups is 1. The molecule has 2 amide bonds. The SMILES string of the molecule is O=C(/C=C/c1ccco1)NNC(=O)COc1ccc(Cl)cc1Cl. The molecule has 0 saturated carbocycles. The molecule has 2 rings (SSSR count). The number of carbonyl (C=O) groups is 2. The number of nitrogens with one attached hydrogen (secondary N) is 2. The molecule has 0 aliphatic rings. The van der Waals surface area contributed by atoms with Crippen LogP contribution in [0.2, 0.25) is 10.0 Å². The number of amides is 2. The van der Waals surface area contributed by atoms with Crippen LogP contribution in [-0.4, -0.2) is 18.4 Å². The summed E-state index contributed by atoms with van der Waals surface area (Å²) >= 11 is 11.7. The van der Waals surface area contributed by atoms with Crippen LogP contribution in [0, 0.1) is 0 Å². The van der Waals surface area contributed by atoms with E-state index < -0.39 is 11.8 Å². The van der Waals surface area contributed by atoms with Crippen molar-refractivity contribution in [2.75, 3.05) is 6.61 Å². The van der Waals surface area contributed by atoms with Crippen molar-refractivity contribution in [2.45, 2.75) is 0 Å². The molecule has 23 heavy (non-hydrogen) atoms. The molecule has 2 N–H and O–H groups in total. The fourth-order valence-corrected chi connectivity index (χ4v) is 1.95. The first kappa shape index (κ1) is 16.9. The molecule has 0 saturated heterocycles. The quantitative estimate of drug-likeness (QED) is 0.639. The number of halogens is 2. The highest BCUT2D eigenvalue weighted by molar-refractivity contribution is 6.35. The molecule has 0 radical (unpaired) electrons. The maximum Gasteiger partial charge on any atom is 0.276 e. The van der Waals surface area contributed by atoms with Crippen LogP contribution in [0.25, 0.3) is 6.08 Å². The Morgan fingerprint density at radius 1 is 1.22 bits per heavy atom. The number of carbonyl (C=O) groups excluding carboxylic acids is 2. The van der Waals surface area contributed by atoms with Gasteiger partial charge in [-0.15, -0.1) is 0 Å². The zero-order valence-electron chi connectivity index (χ0n) is 11.7. The van der Waals surface area contributed by atoms with Crippen LogP contribution in [0.5, 0.6) is 5.75 Å². The van der Waals surface area contributed by atoms with E-state index in [9.17, 15) is 9.59 Å². The lowest BCUT2D eigenvalue weighted by Crippen LogP contribution is -2.43. The van der Waals surface area contributed by atoms with Crippen molar-refractivity contribution in [1.82, 2.24) is 10.9 Å². The van der Waals surface area contributed by atoms with E-state index in [4.69, 9.17) is 32.4 Å². The Balaban J connectivity index is 1.73. The summed E-state index contributed by atoms with van der Waals surface area (Å²) in [5, 5.41) is 0.748. The van der Waals surface area contributed by atoms with E-state index >= 15 is 0 Å². The molecule has 0 unspecified atom stereocenters. The van der Waals surface area contributed by atoms with Gasteiger partial charge in [0.05, 0.1) is 11.3 Å². The number of rotatable bonds is 5. The van der Waals surface area contributed by atoms with Crippen LogP contribution in [0.3, 0.4) is 0 Å². The van der Waals surface area contributed by atoms with Crippen molar-refractivity contribution in [3.63, 3.8) is 0 Å². The first-order valence-electron chi connectivity index (χ1n) is 6.43. The molecule has 0 fully saturated rings. The summed E-state index contributed by atoms with van der Waals surface area (Å²) in [6.45, 7) is -0.316. The van der Waals surface area contributed by atoms with Crippen molar-refractivity contribution in [2.24, 2.45) is 0 Å². The molecular weight excluding hydrogens is 343 g/mol. The summed E-state index contributed by atoms with van der Waals surface area (Å²) in [6, 6.07) is 8.01. The zero-order chi connectivity index (χ0) is 16.7. The van der Waals surface area contributed by atoms with Crippen LogP contribution in [-0.2, 0) is 9.59 Å². The standard InChI is InChI=1S/C15H12Cl2N2O4/c16-10-3-5-13(12(17)8-10)23-9-15(21)19-18-14(20)6-4-11-2-1-7-22-11/h1-8H,9H2,(H,18,20)(H,19,21)/b6-4+. The molecule has 1 heterocycles. The van der Waals surface area contributed by atoms with E-state index in [1.807, 2.05) is 0 Å². The van der Waals surface area contributed by atoms with Crippen molar-refractivity contribution in [3.05, 3.63) is 58.5 Å². The van der Waals surface area contributed by atoms with Gasteiger partial charge in [0.1, 0.15) is 11.5 Å². The van der Waals surface area contributed by atoms with Gasteiger partial charge in [-0.2, -0.15) is 0 Å². The molecule has 8 heteroatoms. The summed E-state index contributed by atoms with van der Waals surface area (Å²) < 4.78 is 10.2. The Bertz CT molecular complexity index is 714. The van der Waals surface area contributed by atoms with E-state index in [-0.39, 0.29) is 11.6 Å². The Labute approximate surface area is 142 Å². The van der Waals surface area contributed by atoms with E-state index in [1.165, 1.54) is 24.5 Å². The summed E-state index contributed by atoms with van der Waals surface area (Å²) in [7, 11) is 0. The Morgan fingerprint density at radius 3 is 2.74 bits per heavy atom. The highest BCUT2D eigenvalue weighted by Crippen LogP contribution is 2.27. The van der Waals surface area contributed by atoms with Gasteiger partial charge in [0.15, 0.2) is 6.61 Å². The Hall–Kier alpha value is -2.44. The van der Waals surface area contributed by atoms with Gasteiger partial charge in [-0.1, -0.05) is 23.2 Å². The van der Waals surface area contributed by atoms with Crippen molar-refractivity contribution in [1.29, 1.82) is 0 Å². The maximum absolute atomic E-state index is 11.6. The molecular formula is C15H12Cl2N2O4. The topological polar surface area (TPSA) is 80.6 Å².